The smallest absolute Gasteiger partial charge is 0.0653 e. The Labute approximate surface area is 72.5 Å². The zero-order valence-corrected chi connectivity index (χ0v) is 6.92. The summed E-state index contributed by atoms with van der Waals surface area (Å²) in [5.74, 6) is 0. The molecule has 0 bridgehead atoms. The first-order chi connectivity index (χ1) is 4.84. The van der Waals surface area contributed by atoms with E-state index in [9.17, 15) is 0 Å². The first-order valence-corrected chi connectivity index (χ1v) is 3.13. The van der Waals surface area contributed by atoms with E-state index in [-0.39, 0.29) is 18.4 Å². The lowest BCUT2D eigenvalue weighted by atomic mass is 10.2. The Morgan fingerprint density at radius 3 is 2.73 bits per heavy atom. The molecule has 1 atom stereocenters. The fourth-order valence-electron chi connectivity index (χ4n) is 0.694. The number of hydrogen-bond donors (Lipinski definition) is 1. The fraction of sp³-hybridized carbons (Fsp3) is 0.125. The molecule has 0 amide bonds. The first-order valence-electron chi connectivity index (χ1n) is 3.13. The zero-order valence-electron chi connectivity index (χ0n) is 6.10. The van der Waals surface area contributed by atoms with Crippen LogP contribution >= 0.6 is 12.4 Å². The number of aromatic nitrogens is 1. The van der Waals surface area contributed by atoms with Crippen molar-refractivity contribution in [2.75, 3.05) is 0 Å². The molecule has 3 heteroatoms. The summed E-state index contributed by atoms with van der Waals surface area (Å²) in [6, 6.07) is 5.51. The van der Waals surface area contributed by atoms with Crippen LogP contribution < -0.4 is 5.73 Å². The summed E-state index contributed by atoms with van der Waals surface area (Å²) >= 11 is 0. The van der Waals surface area contributed by atoms with Crippen LogP contribution in [-0.4, -0.2) is 4.98 Å². The molecular formula is C8H11ClN2. The van der Waals surface area contributed by atoms with Gasteiger partial charge in [0.15, 0.2) is 0 Å². The van der Waals surface area contributed by atoms with Crippen LogP contribution in [0.5, 0.6) is 0 Å². The van der Waals surface area contributed by atoms with Crippen LogP contribution in [0.1, 0.15) is 11.7 Å². The second-order valence-corrected chi connectivity index (χ2v) is 2.02. The Hall–Kier alpha value is -0.860. The van der Waals surface area contributed by atoms with Gasteiger partial charge in [0.25, 0.3) is 0 Å². The van der Waals surface area contributed by atoms with Crippen molar-refractivity contribution in [3.63, 3.8) is 0 Å². The molecule has 2 nitrogen and oxygen atoms in total. The van der Waals surface area contributed by atoms with Gasteiger partial charge in [-0.15, -0.1) is 19.0 Å². The van der Waals surface area contributed by atoms with Crippen LogP contribution in [0.3, 0.4) is 0 Å². The molecule has 1 aromatic rings. The highest BCUT2D eigenvalue weighted by molar-refractivity contribution is 5.85. The number of halogens is 1. The summed E-state index contributed by atoms with van der Waals surface area (Å²) in [5.41, 5.74) is 6.47. The summed E-state index contributed by atoms with van der Waals surface area (Å²) in [7, 11) is 0. The lowest BCUT2D eigenvalue weighted by Crippen LogP contribution is -2.07. The molecule has 0 aliphatic heterocycles. The molecule has 1 aromatic heterocycles. The van der Waals surface area contributed by atoms with E-state index in [0.29, 0.717) is 0 Å². The third kappa shape index (κ3) is 2.70. The standard InChI is InChI=1S/C8H10N2.ClH/c1-2-7(9)8-5-3-4-6-10-8;/h2-7H,1,9H2;1H/t7-;/m1./s1. The van der Waals surface area contributed by atoms with Gasteiger partial charge in [-0.05, 0) is 12.1 Å². The van der Waals surface area contributed by atoms with Crippen molar-refractivity contribution in [1.82, 2.24) is 4.98 Å². The minimum Gasteiger partial charge on any atom is -0.319 e. The van der Waals surface area contributed by atoms with Crippen LogP contribution in [0.2, 0.25) is 0 Å². The first kappa shape index (κ1) is 10.1. The van der Waals surface area contributed by atoms with Crippen LogP contribution in [0.4, 0.5) is 0 Å². The van der Waals surface area contributed by atoms with E-state index < -0.39 is 0 Å². The third-order valence-electron chi connectivity index (χ3n) is 1.28. The van der Waals surface area contributed by atoms with Crippen molar-refractivity contribution in [2.45, 2.75) is 6.04 Å². The summed E-state index contributed by atoms with van der Waals surface area (Å²) in [6.45, 7) is 3.57. The van der Waals surface area contributed by atoms with Gasteiger partial charge in [0.2, 0.25) is 0 Å². The number of nitrogens with two attached hydrogens (primary N) is 1. The lowest BCUT2D eigenvalue weighted by molar-refractivity contribution is 0.864. The quantitative estimate of drug-likeness (QED) is 0.687. The van der Waals surface area contributed by atoms with Crippen molar-refractivity contribution in [2.24, 2.45) is 5.73 Å². The van der Waals surface area contributed by atoms with Crippen LogP contribution in [0.25, 0.3) is 0 Å². The van der Waals surface area contributed by atoms with E-state index >= 15 is 0 Å². The normalized spacial score (nSPS) is 11.4. The molecule has 0 saturated carbocycles. The number of pyridine rings is 1. The number of hydrogen-bond acceptors (Lipinski definition) is 2. The molecule has 0 unspecified atom stereocenters. The van der Waals surface area contributed by atoms with Crippen molar-refractivity contribution in [3.8, 4) is 0 Å². The van der Waals surface area contributed by atoms with Gasteiger partial charge in [-0.1, -0.05) is 12.1 Å². The maximum Gasteiger partial charge on any atom is 0.0653 e. The molecule has 0 spiro atoms. The van der Waals surface area contributed by atoms with Crippen LogP contribution in [-0.2, 0) is 0 Å². The van der Waals surface area contributed by atoms with E-state index in [2.05, 4.69) is 11.6 Å². The molecule has 0 aliphatic rings. The van der Waals surface area contributed by atoms with Crippen LogP contribution in [0, 0.1) is 0 Å². The Bertz CT molecular complexity index is 211. The molecule has 0 aromatic carbocycles. The van der Waals surface area contributed by atoms with Gasteiger partial charge in [0, 0.05) is 6.20 Å². The second-order valence-electron chi connectivity index (χ2n) is 2.02. The monoisotopic (exact) mass is 170 g/mol. The van der Waals surface area contributed by atoms with Crippen molar-refractivity contribution < 1.29 is 0 Å². The van der Waals surface area contributed by atoms with Gasteiger partial charge in [-0.3, -0.25) is 4.98 Å². The predicted molar refractivity (Wildman–Crippen MR) is 48.6 cm³/mol. The zero-order chi connectivity index (χ0) is 7.40. The van der Waals surface area contributed by atoms with E-state index in [4.69, 9.17) is 5.73 Å². The molecule has 1 heterocycles. The Balaban J connectivity index is 0.000001000. The largest absolute Gasteiger partial charge is 0.319 e. The predicted octanol–water partition coefficient (Wildman–Crippen LogP) is 1.69. The summed E-state index contributed by atoms with van der Waals surface area (Å²) in [5, 5.41) is 0. The highest BCUT2D eigenvalue weighted by Crippen LogP contribution is 2.04. The second kappa shape index (κ2) is 4.88. The average Bonchev–Trinajstić information content (AvgIpc) is 2.05. The summed E-state index contributed by atoms with van der Waals surface area (Å²) in [6.07, 6.45) is 3.39. The molecule has 60 valence electrons. The van der Waals surface area contributed by atoms with E-state index in [1.54, 1.807) is 12.3 Å². The van der Waals surface area contributed by atoms with Gasteiger partial charge < -0.3 is 5.73 Å². The van der Waals surface area contributed by atoms with Crippen molar-refractivity contribution >= 4 is 12.4 Å². The van der Waals surface area contributed by atoms with Gasteiger partial charge in [-0.25, -0.2) is 0 Å². The number of rotatable bonds is 2. The number of nitrogens with zero attached hydrogens (tertiary/aromatic N) is 1. The molecule has 0 saturated heterocycles. The van der Waals surface area contributed by atoms with E-state index in [1.807, 2.05) is 18.2 Å². The minimum absolute atomic E-state index is 0. The van der Waals surface area contributed by atoms with Gasteiger partial charge >= 0.3 is 0 Å². The summed E-state index contributed by atoms with van der Waals surface area (Å²) in [4.78, 5) is 4.05. The highest BCUT2D eigenvalue weighted by Gasteiger charge is 1.98. The average molecular weight is 171 g/mol. The topological polar surface area (TPSA) is 38.9 Å². The van der Waals surface area contributed by atoms with Crippen molar-refractivity contribution in [1.29, 1.82) is 0 Å². The molecule has 1 rings (SSSR count). The Kier molecular flexibility index (Phi) is 4.50. The van der Waals surface area contributed by atoms with Gasteiger partial charge in [-0.2, -0.15) is 0 Å². The minimum atomic E-state index is -0.138. The molecule has 0 fully saturated rings. The molecular weight excluding hydrogens is 160 g/mol. The maximum atomic E-state index is 5.61. The fourth-order valence-corrected chi connectivity index (χ4v) is 0.694. The molecule has 2 N–H and O–H groups in total. The Morgan fingerprint density at radius 1 is 1.55 bits per heavy atom. The molecule has 0 radical (unpaired) electrons. The summed E-state index contributed by atoms with van der Waals surface area (Å²) < 4.78 is 0. The molecule has 0 aliphatic carbocycles. The van der Waals surface area contributed by atoms with Crippen LogP contribution in [0.15, 0.2) is 37.1 Å². The van der Waals surface area contributed by atoms with E-state index in [0.717, 1.165) is 5.69 Å². The SMILES string of the molecule is C=C[C@@H](N)c1ccccn1.Cl. The van der Waals surface area contributed by atoms with Crippen molar-refractivity contribution in [3.05, 3.63) is 42.7 Å². The lowest BCUT2D eigenvalue weighted by Gasteiger charge is -2.02. The third-order valence-corrected chi connectivity index (χ3v) is 1.28. The highest BCUT2D eigenvalue weighted by atomic mass is 35.5. The molecule has 11 heavy (non-hydrogen) atoms. The van der Waals surface area contributed by atoms with Gasteiger partial charge in [0.1, 0.15) is 0 Å². The van der Waals surface area contributed by atoms with Gasteiger partial charge in [0.05, 0.1) is 11.7 Å². The Morgan fingerprint density at radius 2 is 2.27 bits per heavy atom. The van der Waals surface area contributed by atoms with E-state index in [1.165, 1.54) is 0 Å². The maximum absolute atomic E-state index is 5.61.